The first-order valence-electron chi connectivity index (χ1n) is 14.6. The first-order valence-corrected chi connectivity index (χ1v) is 16.1. The fraction of sp³-hybridized carbons (Fsp3) is 0.704. The van der Waals surface area contributed by atoms with E-state index in [-0.39, 0.29) is 5.92 Å². The van der Waals surface area contributed by atoms with Crippen LogP contribution in [-0.4, -0.2) is 100 Å². The van der Waals surface area contributed by atoms with Crippen LogP contribution in [0.4, 0.5) is 14.0 Å². The molecule has 2 rings (SSSR count). The lowest BCUT2D eigenvalue weighted by atomic mass is 9.88. The topological polar surface area (TPSA) is 262 Å². The van der Waals surface area contributed by atoms with Gasteiger partial charge in [-0.05, 0) is 33.6 Å². The Morgan fingerprint density at radius 1 is 1.02 bits per heavy atom. The Kier molecular flexibility index (Phi) is 14.8. The van der Waals surface area contributed by atoms with Gasteiger partial charge in [0.05, 0.1) is 18.8 Å². The predicted octanol–water partition coefficient (Wildman–Crippen LogP) is 0.853. The van der Waals surface area contributed by atoms with Gasteiger partial charge in [0.1, 0.15) is 19.6 Å². The largest absolute Gasteiger partial charge is 0.510 e. The van der Waals surface area contributed by atoms with Gasteiger partial charge in [-0.1, -0.05) is 13.8 Å². The third-order valence-electron chi connectivity index (χ3n) is 6.55. The Bertz CT molecular complexity index is 1430. The van der Waals surface area contributed by atoms with E-state index in [1.807, 2.05) is 0 Å². The number of carbonyl (C=O) groups is 3. The summed E-state index contributed by atoms with van der Waals surface area (Å²) in [5.74, 6) is -1.26. The van der Waals surface area contributed by atoms with Crippen molar-refractivity contribution < 1.29 is 75.5 Å². The highest BCUT2D eigenvalue weighted by Gasteiger charge is 2.67. The zero-order valence-corrected chi connectivity index (χ0v) is 28.6. The Balaban J connectivity index is 2.33. The van der Waals surface area contributed by atoms with Crippen LogP contribution in [0.2, 0.25) is 0 Å². The minimum absolute atomic E-state index is 0.337. The van der Waals surface area contributed by atoms with Crippen molar-refractivity contribution in [3.05, 3.63) is 40.0 Å². The summed E-state index contributed by atoms with van der Waals surface area (Å²) in [4.78, 5) is 61.3. The van der Waals surface area contributed by atoms with Crippen LogP contribution in [0, 0.1) is 12.8 Å². The lowest BCUT2D eigenvalue weighted by Gasteiger charge is -2.29. The number of phosphoric acid groups is 1. The molecule has 49 heavy (non-hydrogen) atoms. The van der Waals surface area contributed by atoms with Crippen molar-refractivity contribution in [1.29, 1.82) is 0 Å². The molecule has 1 saturated heterocycles. The minimum atomic E-state index is -5.02. The Labute approximate surface area is 279 Å². The number of hydrogen-bond donors (Lipinski definition) is 3. The van der Waals surface area contributed by atoms with Gasteiger partial charge in [0.25, 0.3) is 11.2 Å². The summed E-state index contributed by atoms with van der Waals surface area (Å²) >= 11 is 0. The van der Waals surface area contributed by atoms with Crippen LogP contribution in [0.15, 0.2) is 21.9 Å². The monoisotopic (exact) mass is 730 g/mol. The summed E-state index contributed by atoms with van der Waals surface area (Å²) in [5.41, 5.74) is -1.89. The molecule has 1 aliphatic rings. The number of aromatic nitrogens is 2. The Hall–Kier alpha value is -3.56. The number of carbonyl (C=O) groups excluding carboxylic acids is 3. The molecule has 0 spiro atoms. The maximum absolute atomic E-state index is 14.7. The van der Waals surface area contributed by atoms with E-state index < -0.39 is 113 Å². The van der Waals surface area contributed by atoms with Crippen molar-refractivity contribution in [3.8, 4) is 0 Å². The lowest BCUT2D eigenvalue weighted by Crippen LogP contribution is -2.53. The second-order valence-corrected chi connectivity index (χ2v) is 13.2. The molecule has 0 radical (unpaired) electrons. The number of hydrogen-bond acceptors (Lipinski definition) is 18. The molecule has 2 heterocycles. The van der Waals surface area contributed by atoms with Crippen LogP contribution in [0.25, 0.3) is 0 Å². The average molecular weight is 731 g/mol. The Morgan fingerprint density at radius 3 is 2.02 bits per heavy atom. The summed E-state index contributed by atoms with van der Waals surface area (Å²) in [6.07, 6.45) is -7.24. The molecule has 1 aromatic heterocycles. The van der Waals surface area contributed by atoms with Crippen LogP contribution in [0.1, 0.15) is 47.8 Å². The number of alkyl halides is 1. The second kappa shape index (κ2) is 17.4. The van der Waals surface area contributed by atoms with E-state index in [9.17, 15) is 43.1 Å². The van der Waals surface area contributed by atoms with Crippen molar-refractivity contribution in [2.24, 2.45) is 11.7 Å². The molecule has 278 valence electrons. The molecule has 0 aliphatic carbocycles. The van der Waals surface area contributed by atoms with Gasteiger partial charge in [-0.15, -0.1) is 0 Å². The van der Waals surface area contributed by atoms with Gasteiger partial charge in [-0.2, -0.15) is 0 Å². The molecule has 5 unspecified atom stereocenters. The normalized spacial score (nSPS) is 23.0. The summed E-state index contributed by atoms with van der Waals surface area (Å²) in [6.45, 7) is 6.63. The van der Waals surface area contributed by atoms with Gasteiger partial charge in [0, 0.05) is 12.3 Å². The van der Waals surface area contributed by atoms with E-state index in [0.717, 1.165) is 12.3 Å². The predicted molar refractivity (Wildman–Crippen MR) is 160 cm³/mol. The van der Waals surface area contributed by atoms with Gasteiger partial charge in [0.2, 0.25) is 19.8 Å². The Morgan fingerprint density at radius 2 is 1.55 bits per heavy atom. The molecule has 5 atom stereocenters. The number of aliphatic hydroxyl groups is 2. The molecule has 0 amide bonds. The van der Waals surface area contributed by atoms with Gasteiger partial charge < -0.3 is 44.4 Å². The summed E-state index contributed by atoms with van der Waals surface area (Å²) in [5, 5.41) is 22.1. The van der Waals surface area contributed by atoms with Gasteiger partial charge in [-0.25, -0.2) is 37.0 Å². The average Bonchev–Trinajstić information content (AvgIpc) is 3.19. The fourth-order valence-corrected chi connectivity index (χ4v) is 4.85. The number of aliphatic hydroxyl groups excluding tert-OH is 1. The molecular formula is C27H42FN3O17P+. The number of ether oxygens (including phenoxy) is 6. The fourth-order valence-electron chi connectivity index (χ4n) is 3.89. The third-order valence-corrected chi connectivity index (χ3v) is 7.84. The summed E-state index contributed by atoms with van der Waals surface area (Å²) in [6, 6.07) is -0.255. The quantitative estimate of drug-likeness (QED) is 0.0659. The van der Waals surface area contributed by atoms with Crippen LogP contribution in [0.3, 0.4) is 0 Å². The molecule has 0 bridgehead atoms. The zero-order chi connectivity index (χ0) is 37.3. The summed E-state index contributed by atoms with van der Waals surface area (Å²) < 4.78 is 73.2. The van der Waals surface area contributed by atoms with Crippen molar-refractivity contribution in [2.45, 2.75) is 90.1 Å². The molecule has 20 nitrogen and oxygen atoms in total. The van der Waals surface area contributed by atoms with Crippen LogP contribution in [0.5, 0.6) is 0 Å². The number of phosphoric ester groups is 1. The first-order chi connectivity index (χ1) is 22.7. The van der Waals surface area contributed by atoms with Crippen molar-refractivity contribution in [3.63, 3.8) is 0 Å². The second-order valence-electron chi connectivity index (χ2n) is 11.5. The van der Waals surface area contributed by atoms with Crippen LogP contribution in [-0.2, 0) is 58.1 Å². The number of halogens is 1. The van der Waals surface area contributed by atoms with Gasteiger partial charge in [-0.3, -0.25) is 18.7 Å². The number of esters is 1. The maximum Gasteiger partial charge on any atom is 0.510 e. The van der Waals surface area contributed by atoms with Gasteiger partial charge in [0.15, 0.2) is 18.4 Å². The smallest absolute Gasteiger partial charge is 0.442 e. The molecule has 22 heteroatoms. The van der Waals surface area contributed by atoms with E-state index in [2.05, 4.69) is 16.4 Å². The number of rotatable bonds is 17. The molecule has 1 aromatic rings. The molecule has 4 N–H and O–H groups in total. The zero-order valence-electron chi connectivity index (χ0n) is 27.7. The maximum atomic E-state index is 14.7. The molecule has 1 fully saturated rings. The lowest BCUT2D eigenvalue weighted by molar-refractivity contribution is -0.151. The van der Waals surface area contributed by atoms with Crippen LogP contribution < -0.4 is 17.0 Å². The number of nitrogens with two attached hydrogens (primary N) is 1. The standard InChI is InChI=1S/C27H42FN3O17P/c1-15(2)19(29)20(33)40-12-31-18(32)8-9-30(23(31)35)22-26(7,38)21(34)27(10-28,48-22)11-43-49(39,44-13-41-24(36)46-16(3)4)45-14-42-25(37)47-17(5)6/h8-9,15-17,19,21-22,34,38H,7,10-14,29H2,1-6H3/q+1. The van der Waals surface area contributed by atoms with E-state index in [1.165, 1.54) is 27.7 Å². The highest BCUT2D eigenvalue weighted by Crippen LogP contribution is 2.52. The number of nitrogens with zero attached hydrogens (tertiary/aromatic N) is 2. The SMILES string of the molecule is [CH2+]C1(O)C(n2ccc(=O)n(COC(=O)C(N)C(C)C)c2=O)OC(CF)(COP(=O)(OCOC(=O)OC(C)C)OCOC(=O)OC(C)C)C1O. The third kappa shape index (κ3) is 11.0. The minimum Gasteiger partial charge on any atom is -0.442 e. The van der Waals surface area contributed by atoms with E-state index in [0.29, 0.717) is 9.13 Å². The van der Waals surface area contributed by atoms with E-state index in [1.54, 1.807) is 13.8 Å². The van der Waals surface area contributed by atoms with Crippen molar-refractivity contribution in [2.75, 3.05) is 26.9 Å². The molecular weight excluding hydrogens is 688 g/mol. The van der Waals surface area contributed by atoms with Gasteiger partial charge >= 0.3 is 31.8 Å². The molecule has 1 aliphatic heterocycles. The molecule has 0 saturated carbocycles. The van der Waals surface area contributed by atoms with Crippen LogP contribution >= 0.6 is 7.82 Å². The molecule has 0 aromatic carbocycles. The first kappa shape index (κ1) is 41.6. The highest BCUT2D eigenvalue weighted by molar-refractivity contribution is 7.48. The van der Waals surface area contributed by atoms with E-state index >= 15 is 0 Å². The highest BCUT2D eigenvalue weighted by atomic mass is 31.2. The van der Waals surface area contributed by atoms with E-state index in [4.69, 9.17) is 38.3 Å². The van der Waals surface area contributed by atoms with Crippen molar-refractivity contribution >= 4 is 26.1 Å². The van der Waals surface area contributed by atoms with Crippen molar-refractivity contribution in [1.82, 2.24) is 9.13 Å². The summed E-state index contributed by atoms with van der Waals surface area (Å²) in [7, 11) is -5.02.